The standard InChI is InChI=1S/C18H25N3O3S2/c1-3-4-5-8-19-17(22)13-7-6-12(2)14(9-13)20-18-21-15-10-26(23,24)11-16(15)25-18/h6-7,9,15-16H,3-5,8,10-11H2,1-2H3,(H,19,22)(H,20,21)/t15-,16+/m1/s1. The number of amides is 1. The molecule has 2 aliphatic heterocycles. The number of hydrogen-bond acceptors (Lipinski definition) is 6. The molecule has 6 nitrogen and oxygen atoms in total. The fraction of sp³-hybridized carbons (Fsp3) is 0.556. The molecular formula is C18H25N3O3S2. The Hall–Kier alpha value is -1.54. The Labute approximate surface area is 159 Å². The molecule has 3 rings (SSSR count). The molecule has 26 heavy (non-hydrogen) atoms. The summed E-state index contributed by atoms with van der Waals surface area (Å²) in [6.45, 7) is 4.79. The van der Waals surface area contributed by atoms with Gasteiger partial charge in [-0.15, -0.1) is 0 Å². The number of hydrogen-bond donors (Lipinski definition) is 2. The van der Waals surface area contributed by atoms with Gasteiger partial charge in [0.25, 0.3) is 5.91 Å². The number of carbonyl (C=O) groups is 1. The topological polar surface area (TPSA) is 87.6 Å². The summed E-state index contributed by atoms with van der Waals surface area (Å²) in [5, 5.41) is 6.96. The van der Waals surface area contributed by atoms with E-state index in [9.17, 15) is 13.2 Å². The van der Waals surface area contributed by atoms with Crippen molar-refractivity contribution in [3.05, 3.63) is 29.3 Å². The molecule has 0 aromatic heterocycles. The van der Waals surface area contributed by atoms with Crippen LogP contribution in [0, 0.1) is 6.92 Å². The summed E-state index contributed by atoms with van der Waals surface area (Å²) in [4.78, 5) is 16.8. The van der Waals surface area contributed by atoms with Crippen molar-refractivity contribution < 1.29 is 13.2 Å². The molecule has 142 valence electrons. The zero-order valence-corrected chi connectivity index (χ0v) is 16.8. The maximum Gasteiger partial charge on any atom is 0.251 e. The van der Waals surface area contributed by atoms with Crippen LogP contribution < -0.4 is 10.6 Å². The van der Waals surface area contributed by atoms with Crippen LogP contribution in [0.15, 0.2) is 23.2 Å². The van der Waals surface area contributed by atoms with Crippen molar-refractivity contribution in [2.24, 2.45) is 4.99 Å². The molecule has 0 saturated carbocycles. The lowest BCUT2D eigenvalue weighted by atomic mass is 10.1. The first-order chi connectivity index (χ1) is 12.4. The van der Waals surface area contributed by atoms with Crippen LogP contribution in [0.2, 0.25) is 0 Å². The van der Waals surface area contributed by atoms with E-state index >= 15 is 0 Å². The van der Waals surface area contributed by atoms with E-state index in [1.54, 1.807) is 0 Å². The van der Waals surface area contributed by atoms with Crippen molar-refractivity contribution in [2.75, 3.05) is 23.4 Å². The summed E-state index contributed by atoms with van der Waals surface area (Å²) in [6.07, 6.45) is 3.21. The Bertz CT molecular complexity index is 821. The van der Waals surface area contributed by atoms with E-state index < -0.39 is 9.84 Å². The summed E-state index contributed by atoms with van der Waals surface area (Å²) < 4.78 is 23.3. The Morgan fingerprint density at radius 3 is 2.85 bits per heavy atom. The van der Waals surface area contributed by atoms with Crippen LogP contribution >= 0.6 is 11.8 Å². The van der Waals surface area contributed by atoms with Crippen molar-refractivity contribution in [1.82, 2.24) is 5.32 Å². The molecule has 1 aromatic rings. The average molecular weight is 396 g/mol. The van der Waals surface area contributed by atoms with Crippen molar-refractivity contribution in [2.45, 2.75) is 44.4 Å². The number of thioether (sulfide) groups is 1. The molecule has 2 atom stereocenters. The predicted octanol–water partition coefficient (Wildman–Crippen LogP) is 2.60. The van der Waals surface area contributed by atoms with Gasteiger partial charge in [0.15, 0.2) is 15.0 Å². The zero-order valence-electron chi connectivity index (χ0n) is 15.1. The fourth-order valence-corrected chi connectivity index (χ4v) is 6.78. The van der Waals surface area contributed by atoms with Crippen molar-refractivity contribution in [3.63, 3.8) is 0 Å². The van der Waals surface area contributed by atoms with Gasteiger partial charge in [-0.25, -0.2) is 8.42 Å². The molecule has 0 spiro atoms. The van der Waals surface area contributed by atoms with E-state index in [1.165, 1.54) is 11.8 Å². The number of carbonyl (C=O) groups excluding carboxylic acids is 1. The highest BCUT2D eigenvalue weighted by atomic mass is 32.2. The molecule has 1 amide bonds. The van der Waals surface area contributed by atoms with Crippen LogP contribution in [-0.2, 0) is 9.84 Å². The van der Waals surface area contributed by atoms with Gasteiger partial charge in [-0.1, -0.05) is 37.6 Å². The highest BCUT2D eigenvalue weighted by molar-refractivity contribution is 8.15. The SMILES string of the molecule is CCCCCNC(=O)c1ccc(C)c(NC2=N[C@@H]3CS(=O)(=O)C[C@@H]3S2)c1. The minimum absolute atomic E-state index is 0.00727. The third-order valence-electron chi connectivity index (χ3n) is 4.63. The first-order valence-electron chi connectivity index (χ1n) is 8.98. The summed E-state index contributed by atoms with van der Waals surface area (Å²) in [5.74, 6) is 0.249. The van der Waals surface area contributed by atoms with Gasteiger partial charge in [-0.3, -0.25) is 9.79 Å². The molecule has 1 aromatic carbocycles. The van der Waals surface area contributed by atoms with Crippen LogP contribution in [0.25, 0.3) is 0 Å². The second-order valence-electron chi connectivity index (χ2n) is 6.85. The Morgan fingerprint density at radius 2 is 2.12 bits per heavy atom. The molecule has 1 fully saturated rings. The smallest absolute Gasteiger partial charge is 0.251 e. The van der Waals surface area contributed by atoms with Gasteiger partial charge in [-0.05, 0) is 31.0 Å². The van der Waals surface area contributed by atoms with Gasteiger partial charge >= 0.3 is 0 Å². The van der Waals surface area contributed by atoms with E-state index in [4.69, 9.17) is 0 Å². The van der Waals surface area contributed by atoms with Crippen molar-refractivity contribution >= 4 is 38.4 Å². The number of unbranched alkanes of at least 4 members (excludes halogenated alkanes) is 2. The number of aliphatic imine (C=N–C) groups is 1. The van der Waals surface area contributed by atoms with Crippen molar-refractivity contribution in [1.29, 1.82) is 0 Å². The maximum atomic E-state index is 12.3. The fourth-order valence-electron chi connectivity index (χ4n) is 3.11. The lowest BCUT2D eigenvalue weighted by molar-refractivity contribution is 0.0953. The van der Waals surface area contributed by atoms with Gasteiger partial charge in [-0.2, -0.15) is 0 Å². The molecule has 0 aliphatic carbocycles. The van der Waals surface area contributed by atoms with Gasteiger partial charge in [0.2, 0.25) is 0 Å². The van der Waals surface area contributed by atoms with Gasteiger partial charge in [0.1, 0.15) is 0 Å². The van der Waals surface area contributed by atoms with Crippen LogP contribution in [0.3, 0.4) is 0 Å². The first-order valence-corrected chi connectivity index (χ1v) is 11.7. The quantitative estimate of drug-likeness (QED) is 0.723. The molecule has 2 aliphatic rings. The number of nitrogens with one attached hydrogen (secondary N) is 2. The number of anilines is 1. The highest BCUT2D eigenvalue weighted by Crippen LogP contribution is 2.35. The zero-order chi connectivity index (χ0) is 18.7. The molecule has 2 N–H and O–H groups in total. The Morgan fingerprint density at radius 1 is 1.31 bits per heavy atom. The molecule has 0 bridgehead atoms. The Kier molecular flexibility index (Phi) is 5.92. The highest BCUT2D eigenvalue weighted by Gasteiger charge is 2.42. The summed E-state index contributed by atoms with van der Waals surface area (Å²) in [7, 11) is -2.95. The van der Waals surface area contributed by atoms with Crippen LogP contribution in [0.4, 0.5) is 5.69 Å². The molecule has 0 unspecified atom stereocenters. The van der Waals surface area contributed by atoms with E-state index in [2.05, 4.69) is 22.5 Å². The minimum Gasteiger partial charge on any atom is -0.352 e. The molecule has 1 saturated heterocycles. The second kappa shape index (κ2) is 8.00. The number of aryl methyl sites for hydroxylation is 1. The lowest BCUT2D eigenvalue weighted by Gasteiger charge is -2.12. The molecular weight excluding hydrogens is 370 g/mol. The van der Waals surface area contributed by atoms with E-state index in [0.717, 1.165) is 35.7 Å². The monoisotopic (exact) mass is 395 g/mol. The van der Waals surface area contributed by atoms with E-state index in [0.29, 0.717) is 12.1 Å². The lowest BCUT2D eigenvalue weighted by Crippen LogP contribution is -2.24. The van der Waals surface area contributed by atoms with Crippen molar-refractivity contribution in [3.8, 4) is 0 Å². The van der Waals surface area contributed by atoms with Gasteiger partial charge in [0, 0.05) is 23.0 Å². The molecule has 8 heteroatoms. The number of nitrogens with zero attached hydrogens (tertiary/aromatic N) is 1. The van der Waals surface area contributed by atoms with Crippen LogP contribution in [-0.4, -0.2) is 48.8 Å². The second-order valence-corrected chi connectivity index (χ2v) is 10.2. The predicted molar refractivity (Wildman–Crippen MR) is 108 cm³/mol. The van der Waals surface area contributed by atoms with E-state index in [1.807, 2.05) is 25.1 Å². The third-order valence-corrected chi connectivity index (χ3v) is 7.77. The summed E-state index contributed by atoms with van der Waals surface area (Å²) in [6, 6.07) is 5.41. The first kappa shape index (κ1) is 19.2. The number of fused-ring (bicyclic) bond motifs is 1. The van der Waals surface area contributed by atoms with E-state index in [-0.39, 0.29) is 28.7 Å². The van der Waals surface area contributed by atoms with Crippen LogP contribution in [0.5, 0.6) is 0 Å². The van der Waals surface area contributed by atoms with Crippen LogP contribution in [0.1, 0.15) is 42.1 Å². The summed E-state index contributed by atoms with van der Waals surface area (Å²) in [5.41, 5.74) is 2.46. The molecule has 0 radical (unpaired) electrons. The largest absolute Gasteiger partial charge is 0.352 e. The maximum absolute atomic E-state index is 12.3. The normalized spacial score (nSPS) is 23.4. The third kappa shape index (κ3) is 4.59. The Balaban J connectivity index is 1.65. The van der Waals surface area contributed by atoms with Gasteiger partial charge < -0.3 is 10.6 Å². The molecule has 2 heterocycles. The number of amidine groups is 1. The summed E-state index contributed by atoms with van der Waals surface area (Å²) >= 11 is 1.48. The number of benzene rings is 1. The number of rotatable bonds is 6. The van der Waals surface area contributed by atoms with Gasteiger partial charge in [0.05, 0.1) is 17.5 Å². The average Bonchev–Trinajstić information content (AvgIpc) is 3.06. The minimum atomic E-state index is -2.95. The number of sulfone groups is 1.